The Balaban J connectivity index is 1.40. The van der Waals surface area contributed by atoms with E-state index in [0.717, 1.165) is 61.4 Å². The van der Waals surface area contributed by atoms with E-state index in [1.54, 1.807) is 12.7 Å². The molecule has 5 aromatic carbocycles. The first-order chi connectivity index (χ1) is 20.3. The van der Waals surface area contributed by atoms with Crippen LogP contribution in [-0.4, -0.2) is 19.5 Å². The molecule has 0 unspecified atom stereocenters. The molecule has 41 heavy (non-hydrogen) atoms. The maximum atomic E-state index is 6.72. The van der Waals surface area contributed by atoms with Gasteiger partial charge in [0.15, 0.2) is 5.82 Å². The van der Waals surface area contributed by atoms with E-state index in [9.17, 15) is 0 Å². The van der Waals surface area contributed by atoms with Crippen molar-refractivity contribution in [2.75, 3.05) is 0 Å². The Labute approximate surface area is 234 Å². The first-order valence-corrected chi connectivity index (χ1v) is 13.7. The number of rotatable bonds is 3. The van der Waals surface area contributed by atoms with E-state index in [2.05, 4.69) is 123 Å². The van der Waals surface area contributed by atoms with Gasteiger partial charge in [-0.05, 0) is 70.5 Å². The predicted octanol–water partition coefficient (Wildman–Crippen LogP) is 6.92. The Kier molecular flexibility index (Phi) is 4.61. The Hall–Kier alpha value is -5.55. The first-order valence-electron chi connectivity index (χ1n) is 13.7. The van der Waals surface area contributed by atoms with Crippen LogP contribution in [0.1, 0.15) is 12.0 Å². The van der Waals surface area contributed by atoms with Crippen LogP contribution in [0.3, 0.4) is 0 Å². The highest BCUT2D eigenvalue weighted by atomic mass is 16.3. The molecule has 0 spiro atoms. The number of aromatic nitrogens is 4. The van der Waals surface area contributed by atoms with Gasteiger partial charge < -0.3 is 8.98 Å². The summed E-state index contributed by atoms with van der Waals surface area (Å²) in [5.41, 5.74) is 8.54. The molecule has 0 amide bonds. The number of hydrogen-bond donors (Lipinski definition) is 0. The number of benzene rings is 5. The van der Waals surface area contributed by atoms with Crippen LogP contribution in [0, 0.1) is 0 Å². The first kappa shape index (κ1) is 22.3. The maximum absolute atomic E-state index is 6.72. The predicted molar refractivity (Wildman–Crippen MR) is 164 cm³/mol. The van der Waals surface area contributed by atoms with E-state index < -0.39 is 0 Å². The second-order valence-electron chi connectivity index (χ2n) is 10.5. The van der Waals surface area contributed by atoms with Crippen molar-refractivity contribution in [3.63, 3.8) is 0 Å². The molecule has 8 aromatic rings. The molecule has 0 saturated carbocycles. The second kappa shape index (κ2) is 8.47. The van der Waals surface area contributed by atoms with Gasteiger partial charge in [-0.2, -0.15) is 0 Å². The minimum Gasteiger partial charge on any atom is -0.455 e. The van der Waals surface area contributed by atoms with Crippen molar-refractivity contribution in [2.24, 2.45) is 0 Å². The van der Waals surface area contributed by atoms with Crippen molar-refractivity contribution in [1.82, 2.24) is 19.5 Å². The summed E-state index contributed by atoms with van der Waals surface area (Å²) < 4.78 is 9.02. The minimum atomic E-state index is 0.640. The van der Waals surface area contributed by atoms with Crippen LogP contribution in [0.15, 0.2) is 120 Å². The quantitative estimate of drug-likeness (QED) is 0.251. The Morgan fingerprint density at radius 1 is 0.683 bits per heavy atom. The average molecular weight is 527 g/mol. The molecule has 0 bridgehead atoms. The lowest BCUT2D eigenvalue weighted by atomic mass is 9.99. The van der Waals surface area contributed by atoms with Crippen molar-refractivity contribution < 1.29 is 4.42 Å². The number of hydrogen-bond acceptors (Lipinski definition) is 4. The van der Waals surface area contributed by atoms with Gasteiger partial charge in [0.25, 0.3) is 0 Å². The third kappa shape index (κ3) is 3.20. The fourth-order valence-corrected chi connectivity index (χ4v) is 6.53. The lowest BCUT2D eigenvalue weighted by Crippen LogP contribution is -2.21. The summed E-state index contributed by atoms with van der Waals surface area (Å²) in [5.74, 6) is 0.640. The second-order valence-corrected chi connectivity index (χ2v) is 10.5. The smallest absolute Gasteiger partial charge is 0.163 e. The van der Waals surface area contributed by atoms with Gasteiger partial charge in [-0.3, -0.25) is 0 Å². The summed E-state index contributed by atoms with van der Waals surface area (Å²) in [6.07, 6.45) is 6.34. The molecule has 0 saturated heterocycles. The lowest BCUT2D eigenvalue weighted by molar-refractivity contribution is 0.673. The van der Waals surface area contributed by atoms with Crippen molar-refractivity contribution in [2.45, 2.75) is 6.42 Å². The largest absolute Gasteiger partial charge is 0.455 e. The topological polar surface area (TPSA) is 56.7 Å². The zero-order valence-corrected chi connectivity index (χ0v) is 22.0. The van der Waals surface area contributed by atoms with Gasteiger partial charge in [0.1, 0.15) is 23.8 Å². The van der Waals surface area contributed by atoms with Crippen molar-refractivity contribution >= 4 is 55.4 Å². The molecule has 3 heterocycles. The summed E-state index contributed by atoms with van der Waals surface area (Å²) in [6, 6.07) is 36.4. The molecule has 0 fully saturated rings. The zero-order chi connectivity index (χ0) is 26.9. The minimum absolute atomic E-state index is 0.640. The van der Waals surface area contributed by atoms with Gasteiger partial charge >= 0.3 is 0 Å². The molecule has 5 nitrogen and oxygen atoms in total. The van der Waals surface area contributed by atoms with Crippen LogP contribution in [0.2, 0.25) is 0 Å². The molecule has 5 heteroatoms. The van der Waals surface area contributed by atoms with Crippen LogP contribution in [0.25, 0.3) is 72.5 Å². The Morgan fingerprint density at radius 3 is 2.41 bits per heavy atom. The highest BCUT2D eigenvalue weighted by Gasteiger charge is 2.22. The van der Waals surface area contributed by atoms with Crippen molar-refractivity contribution in [3.8, 4) is 17.1 Å². The monoisotopic (exact) mass is 526 g/mol. The number of nitrogens with zero attached hydrogens (tertiary/aromatic N) is 4. The van der Waals surface area contributed by atoms with E-state index in [4.69, 9.17) is 4.42 Å². The molecule has 1 aliphatic rings. The van der Waals surface area contributed by atoms with Gasteiger partial charge in [-0.1, -0.05) is 66.7 Å². The third-order valence-corrected chi connectivity index (χ3v) is 8.30. The fraction of sp³-hybridized carbons (Fsp3) is 0.0278. The summed E-state index contributed by atoms with van der Waals surface area (Å²) in [4.78, 5) is 13.1. The summed E-state index contributed by atoms with van der Waals surface area (Å²) >= 11 is 0. The highest BCUT2D eigenvalue weighted by Crippen LogP contribution is 2.43. The number of furan rings is 1. The zero-order valence-electron chi connectivity index (χ0n) is 22.0. The van der Waals surface area contributed by atoms with Gasteiger partial charge in [0.05, 0.1) is 16.4 Å². The molecule has 9 rings (SSSR count). The number of para-hydroxylation sites is 1. The maximum Gasteiger partial charge on any atom is 0.163 e. The Bertz CT molecular complexity index is 2440. The van der Waals surface area contributed by atoms with Gasteiger partial charge in [0.2, 0.25) is 0 Å². The lowest BCUT2D eigenvalue weighted by Gasteiger charge is -2.08. The molecular formula is C36H22N4O. The van der Waals surface area contributed by atoms with Gasteiger partial charge in [-0.15, -0.1) is 0 Å². The SMILES string of the molecule is C1=c2ccccc2=C(c2ccc3oc4c(ccc5c4c4c(-c6ncncn6)cccc4n5-c4ccccc4)c3c2)C1. The van der Waals surface area contributed by atoms with E-state index >= 15 is 0 Å². The fourth-order valence-electron chi connectivity index (χ4n) is 6.53. The molecule has 0 radical (unpaired) electrons. The third-order valence-electron chi connectivity index (χ3n) is 8.30. The number of fused-ring (bicyclic) bond motifs is 8. The van der Waals surface area contributed by atoms with Crippen molar-refractivity contribution in [3.05, 3.63) is 132 Å². The van der Waals surface area contributed by atoms with E-state index in [-0.39, 0.29) is 0 Å². The summed E-state index contributed by atoms with van der Waals surface area (Å²) in [6.45, 7) is 0. The average Bonchev–Trinajstić information content (AvgIpc) is 3.73. The van der Waals surface area contributed by atoms with E-state index in [1.807, 2.05) is 6.07 Å². The van der Waals surface area contributed by atoms with Crippen LogP contribution < -0.4 is 10.4 Å². The van der Waals surface area contributed by atoms with E-state index in [0.29, 0.717) is 5.82 Å². The molecule has 0 atom stereocenters. The Morgan fingerprint density at radius 2 is 1.51 bits per heavy atom. The molecule has 1 aliphatic carbocycles. The van der Waals surface area contributed by atoms with Crippen molar-refractivity contribution in [1.29, 1.82) is 0 Å². The van der Waals surface area contributed by atoms with Crippen LogP contribution in [0.4, 0.5) is 0 Å². The summed E-state index contributed by atoms with van der Waals surface area (Å²) in [5, 5.41) is 6.96. The molecule has 192 valence electrons. The highest BCUT2D eigenvalue weighted by molar-refractivity contribution is 6.26. The van der Waals surface area contributed by atoms with E-state index in [1.165, 1.54) is 21.6 Å². The van der Waals surface area contributed by atoms with Gasteiger partial charge in [0, 0.05) is 27.4 Å². The van der Waals surface area contributed by atoms with Crippen LogP contribution >= 0.6 is 0 Å². The molecule has 0 N–H and O–H groups in total. The molecular weight excluding hydrogens is 504 g/mol. The standard InChI is InChI=1S/C36H22N4O/c1-2-8-24(9-3-1)40-30-12-6-11-28(36-38-20-37-21-39-36)33(30)34-31(40)17-16-27-29-19-23(14-18-32(29)41-35(27)34)26-15-13-22-7-4-5-10-25(22)26/h1-14,16-21H,15H2. The summed E-state index contributed by atoms with van der Waals surface area (Å²) in [7, 11) is 0. The molecule has 3 aromatic heterocycles. The van der Waals surface area contributed by atoms with Gasteiger partial charge in [-0.25, -0.2) is 15.0 Å². The molecule has 0 aliphatic heterocycles. The van der Waals surface area contributed by atoms with Crippen LogP contribution in [0.5, 0.6) is 0 Å². The normalized spacial score (nSPS) is 12.9. The van der Waals surface area contributed by atoms with Crippen LogP contribution in [-0.2, 0) is 0 Å².